The minimum atomic E-state index is 0.129. The highest BCUT2D eigenvalue weighted by atomic mass is 16.2. The summed E-state index contributed by atoms with van der Waals surface area (Å²) in [4.78, 5) is 14.2. The largest absolute Gasteiger partial charge is 0.338 e. The second kappa shape index (κ2) is 5.67. The van der Waals surface area contributed by atoms with Crippen LogP contribution in [0.3, 0.4) is 0 Å². The molecular formula is C16H19NO. The zero-order chi connectivity index (χ0) is 13.0. The number of hydrogen-bond acceptors (Lipinski definition) is 1. The Labute approximate surface area is 109 Å². The van der Waals surface area contributed by atoms with Crippen molar-refractivity contribution in [3.05, 3.63) is 60.7 Å². The lowest BCUT2D eigenvalue weighted by Crippen LogP contribution is -2.28. The molecule has 1 atom stereocenters. The monoisotopic (exact) mass is 241 g/mol. The van der Waals surface area contributed by atoms with Gasteiger partial charge in [-0.1, -0.05) is 36.4 Å². The van der Waals surface area contributed by atoms with Crippen LogP contribution in [0.2, 0.25) is 0 Å². The zero-order valence-corrected chi connectivity index (χ0v) is 10.6. The van der Waals surface area contributed by atoms with E-state index >= 15 is 0 Å². The topological polar surface area (TPSA) is 20.3 Å². The number of amides is 1. The van der Waals surface area contributed by atoms with Crippen LogP contribution in [0.15, 0.2) is 55.1 Å². The summed E-state index contributed by atoms with van der Waals surface area (Å²) in [6.07, 6.45) is 3.74. The summed E-state index contributed by atoms with van der Waals surface area (Å²) in [5.41, 5.74) is 1.96. The van der Waals surface area contributed by atoms with Gasteiger partial charge in [0.1, 0.15) is 0 Å². The van der Waals surface area contributed by atoms with Crippen LogP contribution in [0, 0.1) is 5.92 Å². The minimum Gasteiger partial charge on any atom is -0.338 e. The first-order valence-corrected chi connectivity index (χ1v) is 6.35. The van der Waals surface area contributed by atoms with Crippen molar-refractivity contribution in [3.63, 3.8) is 0 Å². The number of allylic oxidation sites excluding steroid dienone is 1. The van der Waals surface area contributed by atoms with Crippen LogP contribution >= 0.6 is 0 Å². The molecule has 0 saturated carbocycles. The molecule has 0 spiro atoms. The summed E-state index contributed by atoms with van der Waals surface area (Å²) in [7, 11) is 0. The Kier molecular flexibility index (Phi) is 3.98. The third-order valence-electron chi connectivity index (χ3n) is 3.48. The van der Waals surface area contributed by atoms with E-state index in [1.165, 1.54) is 5.57 Å². The van der Waals surface area contributed by atoms with Crippen LogP contribution in [-0.2, 0) is 0 Å². The number of hydrogen-bond donors (Lipinski definition) is 0. The summed E-state index contributed by atoms with van der Waals surface area (Å²) in [6.45, 7) is 9.44. The molecule has 1 fully saturated rings. The van der Waals surface area contributed by atoms with E-state index in [4.69, 9.17) is 0 Å². The van der Waals surface area contributed by atoms with Gasteiger partial charge < -0.3 is 4.90 Å². The molecule has 1 aliphatic rings. The van der Waals surface area contributed by atoms with E-state index in [0.29, 0.717) is 5.92 Å². The van der Waals surface area contributed by atoms with E-state index in [1.54, 1.807) is 0 Å². The first-order chi connectivity index (χ1) is 8.72. The third-order valence-corrected chi connectivity index (χ3v) is 3.48. The molecular weight excluding hydrogens is 222 g/mol. The molecule has 1 aromatic carbocycles. The normalized spacial score (nSPS) is 18.7. The van der Waals surface area contributed by atoms with Crippen molar-refractivity contribution in [2.45, 2.75) is 12.8 Å². The molecule has 0 aromatic heterocycles. The van der Waals surface area contributed by atoms with Gasteiger partial charge in [0, 0.05) is 18.7 Å². The molecule has 1 amide bonds. The molecule has 1 heterocycles. The van der Waals surface area contributed by atoms with Gasteiger partial charge in [0.05, 0.1) is 0 Å². The van der Waals surface area contributed by atoms with Gasteiger partial charge in [-0.3, -0.25) is 4.79 Å². The van der Waals surface area contributed by atoms with Gasteiger partial charge in [-0.2, -0.15) is 0 Å². The summed E-state index contributed by atoms with van der Waals surface area (Å²) in [5.74, 6) is 0.556. The Bertz CT molecular complexity index is 449. The summed E-state index contributed by atoms with van der Waals surface area (Å²) in [6, 6.07) is 9.47. The predicted molar refractivity (Wildman–Crippen MR) is 74.4 cm³/mol. The van der Waals surface area contributed by atoms with E-state index in [1.807, 2.05) is 41.3 Å². The number of carbonyl (C=O) groups excluding carboxylic acids is 1. The Balaban J connectivity index is 1.99. The van der Waals surface area contributed by atoms with Crippen molar-refractivity contribution >= 4 is 5.91 Å². The van der Waals surface area contributed by atoms with Gasteiger partial charge in [-0.05, 0) is 30.9 Å². The first kappa shape index (κ1) is 12.6. The maximum absolute atomic E-state index is 12.2. The van der Waals surface area contributed by atoms with Crippen LogP contribution in [0.25, 0.3) is 0 Å². The average molecular weight is 241 g/mol. The van der Waals surface area contributed by atoms with Crippen LogP contribution in [-0.4, -0.2) is 23.9 Å². The second-order valence-corrected chi connectivity index (χ2v) is 4.75. The van der Waals surface area contributed by atoms with Crippen LogP contribution in [0.5, 0.6) is 0 Å². The van der Waals surface area contributed by atoms with E-state index < -0.39 is 0 Å². The van der Waals surface area contributed by atoms with E-state index in [-0.39, 0.29) is 5.91 Å². The molecule has 0 N–H and O–H groups in total. The van der Waals surface area contributed by atoms with Gasteiger partial charge >= 0.3 is 0 Å². The van der Waals surface area contributed by atoms with E-state index in [9.17, 15) is 4.79 Å². The fraction of sp³-hybridized carbons (Fsp3) is 0.312. The van der Waals surface area contributed by atoms with Gasteiger partial charge in [-0.15, -0.1) is 6.58 Å². The Morgan fingerprint density at radius 2 is 2.11 bits per heavy atom. The third kappa shape index (κ3) is 2.70. The van der Waals surface area contributed by atoms with E-state index in [2.05, 4.69) is 13.2 Å². The molecule has 0 bridgehead atoms. The van der Waals surface area contributed by atoms with Crippen molar-refractivity contribution in [2.24, 2.45) is 5.92 Å². The average Bonchev–Trinajstić information content (AvgIpc) is 2.89. The molecule has 0 aliphatic carbocycles. The fourth-order valence-electron chi connectivity index (χ4n) is 2.39. The van der Waals surface area contributed by atoms with Gasteiger partial charge in [0.2, 0.25) is 0 Å². The number of rotatable bonds is 4. The zero-order valence-electron chi connectivity index (χ0n) is 10.6. The predicted octanol–water partition coefficient (Wildman–Crippen LogP) is 3.28. The highest BCUT2D eigenvalue weighted by Gasteiger charge is 2.27. The van der Waals surface area contributed by atoms with Crippen LogP contribution in [0.4, 0.5) is 0 Å². The molecule has 1 aliphatic heterocycles. The maximum atomic E-state index is 12.2. The van der Waals surface area contributed by atoms with Gasteiger partial charge in [0.25, 0.3) is 5.91 Å². The Morgan fingerprint density at radius 3 is 2.78 bits per heavy atom. The lowest BCUT2D eigenvalue weighted by molar-refractivity contribution is 0.0789. The van der Waals surface area contributed by atoms with Gasteiger partial charge in [-0.25, -0.2) is 0 Å². The fourth-order valence-corrected chi connectivity index (χ4v) is 2.39. The minimum absolute atomic E-state index is 0.129. The molecule has 1 unspecified atom stereocenters. The molecule has 1 aromatic rings. The molecule has 2 rings (SSSR count). The smallest absolute Gasteiger partial charge is 0.253 e. The first-order valence-electron chi connectivity index (χ1n) is 6.35. The molecule has 2 nitrogen and oxygen atoms in total. The van der Waals surface area contributed by atoms with Crippen LogP contribution < -0.4 is 0 Å². The number of carbonyl (C=O) groups is 1. The highest BCUT2D eigenvalue weighted by molar-refractivity contribution is 5.94. The molecule has 94 valence electrons. The van der Waals surface area contributed by atoms with E-state index in [0.717, 1.165) is 31.5 Å². The SMILES string of the molecule is C=CCC(=C)C1CCN(C(=O)c2ccccc2)C1. The number of nitrogens with zero attached hydrogens (tertiary/aromatic N) is 1. The number of likely N-dealkylation sites (tertiary alicyclic amines) is 1. The molecule has 0 radical (unpaired) electrons. The Hall–Kier alpha value is -1.83. The number of benzene rings is 1. The molecule has 2 heteroatoms. The molecule has 1 saturated heterocycles. The standard InChI is InChI=1S/C16H19NO/c1-3-7-13(2)15-10-11-17(12-15)16(18)14-8-5-4-6-9-14/h3-6,8-9,15H,1-2,7,10-12H2. The van der Waals surface area contributed by atoms with Gasteiger partial charge in [0.15, 0.2) is 0 Å². The lowest BCUT2D eigenvalue weighted by Gasteiger charge is -2.17. The summed E-state index contributed by atoms with van der Waals surface area (Å²) in [5, 5.41) is 0. The van der Waals surface area contributed by atoms with Crippen molar-refractivity contribution in [3.8, 4) is 0 Å². The summed E-state index contributed by atoms with van der Waals surface area (Å²) >= 11 is 0. The quantitative estimate of drug-likeness (QED) is 0.741. The van der Waals surface area contributed by atoms with Crippen LogP contribution in [0.1, 0.15) is 23.2 Å². The summed E-state index contributed by atoms with van der Waals surface area (Å²) < 4.78 is 0. The maximum Gasteiger partial charge on any atom is 0.253 e. The van der Waals surface area contributed by atoms with Crippen molar-refractivity contribution in [1.82, 2.24) is 4.90 Å². The highest BCUT2D eigenvalue weighted by Crippen LogP contribution is 2.26. The second-order valence-electron chi connectivity index (χ2n) is 4.75. The molecule has 18 heavy (non-hydrogen) atoms. The van der Waals surface area contributed by atoms with Crippen molar-refractivity contribution in [2.75, 3.05) is 13.1 Å². The Morgan fingerprint density at radius 1 is 1.39 bits per heavy atom. The van der Waals surface area contributed by atoms with Crippen molar-refractivity contribution in [1.29, 1.82) is 0 Å². The lowest BCUT2D eigenvalue weighted by atomic mass is 9.97. The van der Waals surface area contributed by atoms with Crippen molar-refractivity contribution < 1.29 is 4.79 Å².